The van der Waals surface area contributed by atoms with E-state index in [-0.39, 0.29) is 11.9 Å². The molecule has 132 valence electrons. The number of halogens is 1. The molecule has 5 heteroatoms. The van der Waals surface area contributed by atoms with Crippen LogP contribution in [-0.2, 0) is 12.0 Å². The van der Waals surface area contributed by atoms with E-state index in [9.17, 15) is 4.39 Å². The van der Waals surface area contributed by atoms with Crippen molar-refractivity contribution in [2.24, 2.45) is 17.6 Å². The first-order valence-corrected chi connectivity index (χ1v) is 8.82. The van der Waals surface area contributed by atoms with E-state index in [0.29, 0.717) is 24.1 Å². The highest BCUT2D eigenvalue weighted by Gasteiger charge is 2.55. The molecule has 2 aromatic rings. The lowest BCUT2D eigenvalue weighted by Gasteiger charge is -2.21. The third kappa shape index (κ3) is 3.53. The van der Waals surface area contributed by atoms with E-state index in [2.05, 4.69) is 10.3 Å². The van der Waals surface area contributed by atoms with Crippen LogP contribution in [0.2, 0.25) is 0 Å². The Bertz CT molecular complexity index is 760. The van der Waals surface area contributed by atoms with Gasteiger partial charge in [0.15, 0.2) is 0 Å². The summed E-state index contributed by atoms with van der Waals surface area (Å²) in [6, 6.07) is 10.5. The van der Waals surface area contributed by atoms with Gasteiger partial charge in [0.25, 0.3) is 0 Å². The van der Waals surface area contributed by atoms with E-state index in [4.69, 9.17) is 10.5 Å². The second kappa shape index (κ2) is 6.07. The number of rotatable bonds is 5. The first-order chi connectivity index (χ1) is 11.9. The van der Waals surface area contributed by atoms with Crippen LogP contribution < -0.4 is 15.8 Å². The number of pyridine rings is 1. The van der Waals surface area contributed by atoms with Crippen LogP contribution >= 0.6 is 0 Å². The Morgan fingerprint density at radius 2 is 1.88 bits per heavy atom. The number of fused-ring (bicyclic) bond motifs is 1. The third-order valence-corrected chi connectivity index (χ3v) is 5.17. The zero-order valence-electron chi connectivity index (χ0n) is 14.6. The predicted octanol–water partition coefficient (Wildman–Crippen LogP) is 2.60. The monoisotopic (exact) mass is 341 g/mol. The average Bonchev–Trinajstić information content (AvgIpc) is 2.98. The van der Waals surface area contributed by atoms with Crippen molar-refractivity contribution in [3.63, 3.8) is 0 Å². The molecule has 1 aromatic heterocycles. The minimum absolute atomic E-state index is 0.230. The molecule has 3 N–H and O–H groups in total. The van der Waals surface area contributed by atoms with Gasteiger partial charge in [-0.3, -0.25) is 0 Å². The van der Waals surface area contributed by atoms with Crippen molar-refractivity contribution >= 4 is 0 Å². The fourth-order valence-corrected chi connectivity index (χ4v) is 3.57. The zero-order chi connectivity index (χ0) is 17.6. The van der Waals surface area contributed by atoms with Crippen molar-refractivity contribution in [2.45, 2.75) is 31.9 Å². The second-order valence-electron chi connectivity index (χ2n) is 7.78. The van der Waals surface area contributed by atoms with Crippen molar-refractivity contribution in [1.29, 1.82) is 0 Å². The number of nitrogens with one attached hydrogen (secondary N) is 1. The second-order valence-corrected chi connectivity index (χ2v) is 7.78. The van der Waals surface area contributed by atoms with Gasteiger partial charge in [-0.2, -0.15) is 0 Å². The van der Waals surface area contributed by atoms with Crippen molar-refractivity contribution in [3.05, 3.63) is 59.0 Å². The highest BCUT2D eigenvalue weighted by Crippen LogP contribution is 2.44. The average molecular weight is 341 g/mol. The van der Waals surface area contributed by atoms with Gasteiger partial charge in [-0.05, 0) is 43.2 Å². The molecule has 2 fully saturated rings. The molecular weight excluding hydrogens is 317 g/mol. The summed E-state index contributed by atoms with van der Waals surface area (Å²) in [5.41, 5.74) is 8.73. The highest BCUT2D eigenvalue weighted by molar-refractivity contribution is 5.33. The van der Waals surface area contributed by atoms with Gasteiger partial charge in [0.2, 0.25) is 5.88 Å². The fraction of sp³-hybridized carbons (Fsp3) is 0.450. The van der Waals surface area contributed by atoms with Gasteiger partial charge in [-0.15, -0.1) is 0 Å². The molecular formula is C20H24FN3O. The molecule has 0 spiro atoms. The van der Waals surface area contributed by atoms with Crippen molar-refractivity contribution < 1.29 is 9.13 Å². The molecule has 25 heavy (non-hydrogen) atoms. The first kappa shape index (κ1) is 16.5. The van der Waals surface area contributed by atoms with Crippen LogP contribution in [-0.4, -0.2) is 24.2 Å². The number of hydrogen-bond donors (Lipinski definition) is 2. The zero-order valence-corrected chi connectivity index (χ0v) is 14.6. The number of nitrogens with two attached hydrogens (primary N) is 1. The van der Waals surface area contributed by atoms with Crippen LogP contribution in [0.25, 0.3) is 0 Å². The maximum absolute atomic E-state index is 13.1. The smallest absolute Gasteiger partial charge is 0.214 e. The number of nitrogens with zero attached hydrogens (tertiary/aromatic N) is 1. The maximum atomic E-state index is 13.1. The lowest BCUT2D eigenvalue weighted by Crippen LogP contribution is -2.29. The Kier molecular flexibility index (Phi) is 4.01. The number of ether oxygens (including phenoxy) is 1. The number of piperidine rings is 1. The summed E-state index contributed by atoms with van der Waals surface area (Å²) in [5.74, 6) is 1.63. The van der Waals surface area contributed by atoms with Gasteiger partial charge in [0, 0.05) is 48.6 Å². The molecule has 1 saturated heterocycles. The van der Waals surface area contributed by atoms with Crippen molar-refractivity contribution in [2.75, 3.05) is 13.1 Å². The topological polar surface area (TPSA) is 60.2 Å². The van der Waals surface area contributed by atoms with Gasteiger partial charge in [-0.1, -0.05) is 12.1 Å². The Hall–Kier alpha value is -1.98. The summed E-state index contributed by atoms with van der Waals surface area (Å²) < 4.78 is 19.3. The normalized spacial score (nSPS) is 24.9. The summed E-state index contributed by atoms with van der Waals surface area (Å²) in [6.45, 7) is 6.01. The number of aromatic nitrogens is 1. The third-order valence-electron chi connectivity index (χ3n) is 5.17. The quantitative estimate of drug-likeness (QED) is 0.878. The van der Waals surface area contributed by atoms with Crippen LogP contribution in [0, 0.1) is 17.7 Å². The Labute approximate surface area is 147 Å². The Morgan fingerprint density at radius 3 is 2.52 bits per heavy atom. The first-order valence-electron chi connectivity index (χ1n) is 8.82. The summed E-state index contributed by atoms with van der Waals surface area (Å²) in [7, 11) is 0. The molecule has 2 heterocycles. The molecule has 2 aliphatic rings. The molecule has 1 aliphatic carbocycles. The maximum Gasteiger partial charge on any atom is 0.214 e. The van der Waals surface area contributed by atoms with E-state index in [0.717, 1.165) is 29.9 Å². The molecule has 1 aromatic carbocycles. The van der Waals surface area contributed by atoms with Gasteiger partial charge in [0.1, 0.15) is 11.9 Å². The molecule has 3 atom stereocenters. The molecule has 1 saturated carbocycles. The molecule has 0 bridgehead atoms. The summed E-state index contributed by atoms with van der Waals surface area (Å²) in [6.07, 6.45) is 0.892. The van der Waals surface area contributed by atoms with E-state index in [1.54, 1.807) is 12.1 Å². The minimum atomic E-state index is -0.473. The van der Waals surface area contributed by atoms with Gasteiger partial charge in [-0.25, -0.2) is 9.37 Å². The largest absolute Gasteiger partial charge is 0.474 e. The molecule has 0 radical (unpaired) electrons. The summed E-state index contributed by atoms with van der Waals surface area (Å²) >= 11 is 0. The van der Waals surface area contributed by atoms with Gasteiger partial charge in [0.05, 0.1) is 0 Å². The molecule has 4 rings (SSSR count). The van der Waals surface area contributed by atoms with Crippen LogP contribution in [0.4, 0.5) is 4.39 Å². The Morgan fingerprint density at radius 1 is 1.20 bits per heavy atom. The van der Waals surface area contributed by atoms with Gasteiger partial charge < -0.3 is 15.8 Å². The number of hydrogen-bond acceptors (Lipinski definition) is 4. The van der Waals surface area contributed by atoms with E-state index < -0.39 is 5.54 Å². The molecule has 0 amide bonds. The van der Waals surface area contributed by atoms with E-state index >= 15 is 0 Å². The van der Waals surface area contributed by atoms with Crippen molar-refractivity contribution in [3.8, 4) is 5.88 Å². The predicted molar refractivity (Wildman–Crippen MR) is 94.9 cm³/mol. The SMILES string of the molecule is CC(C)(N)c1cc(Cc2ccc(F)cc2)nc(O[C@@H]2[C@@H]3CNC[C@@H]32)c1. The van der Waals surface area contributed by atoms with Crippen molar-refractivity contribution in [1.82, 2.24) is 10.3 Å². The highest BCUT2D eigenvalue weighted by atomic mass is 19.1. The minimum Gasteiger partial charge on any atom is -0.474 e. The van der Waals surface area contributed by atoms with Gasteiger partial charge >= 0.3 is 0 Å². The lowest BCUT2D eigenvalue weighted by molar-refractivity contribution is 0.250. The molecule has 0 unspecified atom stereocenters. The van der Waals surface area contributed by atoms with Crippen LogP contribution in [0.1, 0.15) is 30.7 Å². The van der Waals surface area contributed by atoms with Crippen LogP contribution in [0.15, 0.2) is 36.4 Å². The number of benzene rings is 1. The molecule has 1 aliphatic heterocycles. The van der Waals surface area contributed by atoms with Crippen LogP contribution in [0.5, 0.6) is 5.88 Å². The summed E-state index contributed by atoms with van der Waals surface area (Å²) in [5, 5.41) is 3.37. The van der Waals surface area contributed by atoms with E-state index in [1.165, 1.54) is 12.1 Å². The fourth-order valence-electron chi connectivity index (χ4n) is 3.57. The lowest BCUT2D eigenvalue weighted by atomic mass is 9.95. The Balaban J connectivity index is 1.58. The standard InChI is InChI=1S/C20H24FN3O/c1-20(2,22)13-8-15(7-12-3-5-14(21)6-4-12)24-18(9-13)25-19-16-10-23-11-17(16)19/h3-6,8-9,16-17,19,23H,7,10-11,22H2,1-2H3/t16-,17+,19-. The van der Waals surface area contributed by atoms with Crippen LogP contribution in [0.3, 0.4) is 0 Å². The van der Waals surface area contributed by atoms with E-state index in [1.807, 2.05) is 26.0 Å². The molecule has 4 nitrogen and oxygen atoms in total. The summed E-state index contributed by atoms with van der Waals surface area (Å²) in [4.78, 5) is 4.68.